The molecule has 2 atom stereocenters. The van der Waals surface area contributed by atoms with Crippen LogP contribution in [-0.4, -0.2) is 16.1 Å². The Morgan fingerprint density at radius 1 is 1.53 bits per heavy atom. The molecular weight excluding hydrogens is 211 g/mol. The van der Waals surface area contributed by atoms with E-state index in [1.807, 2.05) is 6.92 Å². The van der Waals surface area contributed by atoms with Crippen LogP contribution in [-0.2, 0) is 5.60 Å². The van der Waals surface area contributed by atoms with Gasteiger partial charge < -0.3 is 5.11 Å². The molecule has 1 aromatic carbocycles. The van der Waals surface area contributed by atoms with Gasteiger partial charge in [0.25, 0.3) is 0 Å². The Labute approximate surface area is 93.7 Å². The molecule has 3 heteroatoms. The van der Waals surface area contributed by atoms with Crippen LogP contribution in [0.3, 0.4) is 0 Å². The van der Waals surface area contributed by atoms with Crippen molar-refractivity contribution in [3.63, 3.8) is 0 Å². The third-order valence-electron chi connectivity index (χ3n) is 3.18. The minimum absolute atomic E-state index is 0.183. The molecule has 1 heterocycles. The van der Waals surface area contributed by atoms with Crippen molar-refractivity contribution in [3.05, 3.63) is 35.1 Å². The van der Waals surface area contributed by atoms with Gasteiger partial charge in [-0.05, 0) is 36.3 Å². The lowest BCUT2D eigenvalue weighted by molar-refractivity contribution is 0.0426. The van der Waals surface area contributed by atoms with Gasteiger partial charge in [-0.2, -0.15) is 11.8 Å². The average Bonchev–Trinajstić information content (AvgIpc) is 2.53. The van der Waals surface area contributed by atoms with Crippen LogP contribution in [0.15, 0.2) is 18.2 Å². The Balaban J connectivity index is 2.40. The zero-order valence-corrected chi connectivity index (χ0v) is 9.77. The zero-order chi connectivity index (χ0) is 11.1. The quantitative estimate of drug-likeness (QED) is 0.794. The number of hydrogen-bond donors (Lipinski definition) is 1. The van der Waals surface area contributed by atoms with Crippen LogP contribution in [0.5, 0.6) is 0 Å². The number of halogens is 1. The summed E-state index contributed by atoms with van der Waals surface area (Å²) in [6.07, 6.45) is 0.754. The van der Waals surface area contributed by atoms with Crippen molar-refractivity contribution in [2.24, 2.45) is 0 Å². The molecule has 0 spiro atoms. The molecule has 0 amide bonds. The molecule has 1 aliphatic heterocycles. The first kappa shape index (κ1) is 11.0. The number of benzene rings is 1. The molecule has 0 radical (unpaired) electrons. The van der Waals surface area contributed by atoms with Gasteiger partial charge in [-0.3, -0.25) is 0 Å². The van der Waals surface area contributed by atoms with Gasteiger partial charge >= 0.3 is 0 Å². The predicted molar refractivity (Wildman–Crippen MR) is 61.6 cm³/mol. The summed E-state index contributed by atoms with van der Waals surface area (Å²) >= 11 is 1.77. The summed E-state index contributed by atoms with van der Waals surface area (Å²) in [7, 11) is 0. The fraction of sp³-hybridized carbons (Fsp3) is 0.500. The van der Waals surface area contributed by atoms with Crippen LogP contribution in [0.1, 0.15) is 24.5 Å². The van der Waals surface area contributed by atoms with E-state index in [-0.39, 0.29) is 11.1 Å². The van der Waals surface area contributed by atoms with Gasteiger partial charge in [0.05, 0.1) is 0 Å². The minimum Gasteiger partial charge on any atom is -0.384 e. The molecule has 0 bridgehead atoms. The first-order chi connectivity index (χ1) is 7.04. The van der Waals surface area contributed by atoms with Crippen LogP contribution in [0.2, 0.25) is 0 Å². The van der Waals surface area contributed by atoms with Crippen molar-refractivity contribution < 1.29 is 9.50 Å². The Hall–Kier alpha value is -0.540. The van der Waals surface area contributed by atoms with Crippen molar-refractivity contribution in [1.29, 1.82) is 0 Å². The maximum absolute atomic E-state index is 13.1. The van der Waals surface area contributed by atoms with Gasteiger partial charge in [0.15, 0.2) is 0 Å². The Morgan fingerprint density at radius 3 is 2.80 bits per heavy atom. The maximum atomic E-state index is 13.1. The summed E-state index contributed by atoms with van der Waals surface area (Å²) < 4.78 is 13.1. The van der Waals surface area contributed by atoms with Crippen molar-refractivity contribution in [1.82, 2.24) is 0 Å². The predicted octanol–water partition coefficient (Wildman–Crippen LogP) is 2.85. The summed E-state index contributed by atoms with van der Waals surface area (Å²) in [5.41, 5.74) is 0.673. The monoisotopic (exact) mass is 226 g/mol. The third-order valence-corrected chi connectivity index (χ3v) is 4.51. The summed E-state index contributed by atoms with van der Waals surface area (Å²) in [4.78, 5) is 0. The molecule has 82 valence electrons. The van der Waals surface area contributed by atoms with Crippen molar-refractivity contribution in [2.45, 2.75) is 31.1 Å². The van der Waals surface area contributed by atoms with Crippen LogP contribution in [0.4, 0.5) is 4.39 Å². The van der Waals surface area contributed by atoms with Crippen LogP contribution >= 0.6 is 11.8 Å². The van der Waals surface area contributed by atoms with E-state index in [1.54, 1.807) is 30.8 Å². The molecule has 1 nitrogen and oxygen atoms in total. The summed E-state index contributed by atoms with van der Waals surface area (Å²) in [5, 5.41) is 10.7. The van der Waals surface area contributed by atoms with Crippen molar-refractivity contribution in [2.75, 3.05) is 5.75 Å². The average molecular weight is 226 g/mol. The highest BCUT2D eigenvalue weighted by Crippen LogP contribution is 2.43. The number of aryl methyl sites for hydroxylation is 1. The standard InChI is InChI=1S/C12H15FOS/c1-8-7-10(3-4-11(8)13)12(14)5-6-15-9(12)2/h3-4,7,9,14H,5-6H2,1-2H3. The maximum Gasteiger partial charge on any atom is 0.126 e. The van der Waals surface area contributed by atoms with Gasteiger partial charge in [0, 0.05) is 5.25 Å². The molecular formula is C12H15FOS. The lowest BCUT2D eigenvalue weighted by Crippen LogP contribution is -2.31. The Bertz CT molecular complexity index is 380. The van der Waals surface area contributed by atoms with E-state index in [4.69, 9.17) is 0 Å². The van der Waals surface area contributed by atoms with Crippen LogP contribution < -0.4 is 0 Å². The van der Waals surface area contributed by atoms with Gasteiger partial charge in [-0.25, -0.2) is 4.39 Å². The highest BCUT2D eigenvalue weighted by Gasteiger charge is 2.40. The zero-order valence-electron chi connectivity index (χ0n) is 8.96. The molecule has 1 aliphatic rings. The highest BCUT2D eigenvalue weighted by molar-refractivity contribution is 8.00. The fourth-order valence-electron chi connectivity index (χ4n) is 2.03. The highest BCUT2D eigenvalue weighted by atomic mass is 32.2. The topological polar surface area (TPSA) is 20.2 Å². The Morgan fingerprint density at radius 2 is 2.27 bits per heavy atom. The lowest BCUT2D eigenvalue weighted by Gasteiger charge is -2.27. The molecule has 0 saturated carbocycles. The van der Waals surface area contributed by atoms with E-state index in [0.717, 1.165) is 17.7 Å². The number of thioether (sulfide) groups is 1. The number of aliphatic hydroxyl groups is 1. The molecule has 1 aromatic rings. The first-order valence-corrected chi connectivity index (χ1v) is 6.19. The van der Waals surface area contributed by atoms with Crippen molar-refractivity contribution in [3.8, 4) is 0 Å². The molecule has 1 fully saturated rings. The number of hydrogen-bond acceptors (Lipinski definition) is 2. The molecule has 15 heavy (non-hydrogen) atoms. The van der Waals surface area contributed by atoms with Crippen LogP contribution in [0.25, 0.3) is 0 Å². The smallest absolute Gasteiger partial charge is 0.126 e. The van der Waals surface area contributed by atoms with E-state index in [1.165, 1.54) is 6.07 Å². The second kappa shape index (κ2) is 3.80. The fourth-order valence-corrected chi connectivity index (χ4v) is 3.34. The van der Waals surface area contributed by atoms with Gasteiger partial charge in [0.1, 0.15) is 11.4 Å². The largest absolute Gasteiger partial charge is 0.384 e. The second-order valence-corrected chi connectivity index (χ2v) is 5.60. The van der Waals surface area contributed by atoms with Crippen LogP contribution in [0, 0.1) is 12.7 Å². The van der Waals surface area contributed by atoms with E-state index in [9.17, 15) is 9.50 Å². The summed E-state index contributed by atoms with van der Waals surface area (Å²) in [5.74, 6) is 0.759. The van der Waals surface area contributed by atoms with Gasteiger partial charge in [0.2, 0.25) is 0 Å². The van der Waals surface area contributed by atoms with Gasteiger partial charge in [-0.1, -0.05) is 19.1 Å². The van der Waals surface area contributed by atoms with Gasteiger partial charge in [-0.15, -0.1) is 0 Å². The van der Waals surface area contributed by atoms with E-state index in [2.05, 4.69) is 0 Å². The minimum atomic E-state index is -0.775. The molecule has 0 aliphatic carbocycles. The SMILES string of the molecule is Cc1cc(C2(O)CCSC2C)ccc1F. The molecule has 2 unspecified atom stereocenters. The molecule has 1 saturated heterocycles. The summed E-state index contributed by atoms with van der Waals surface area (Å²) in [6.45, 7) is 3.76. The molecule has 2 rings (SSSR count). The van der Waals surface area contributed by atoms with Crippen molar-refractivity contribution >= 4 is 11.8 Å². The third kappa shape index (κ3) is 1.79. The molecule has 0 aromatic heterocycles. The normalized spacial score (nSPS) is 30.8. The summed E-state index contributed by atoms with van der Waals surface area (Å²) in [6, 6.07) is 4.90. The second-order valence-electron chi connectivity index (χ2n) is 4.15. The first-order valence-electron chi connectivity index (χ1n) is 5.14. The van der Waals surface area contributed by atoms with E-state index in [0.29, 0.717) is 5.56 Å². The number of rotatable bonds is 1. The lowest BCUT2D eigenvalue weighted by atomic mass is 9.88. The Kier molecular flexibility index (Phi) is 2.77. The van der Waals surface area contributed by atoms with E-state index < -0.39 is 5.60 Å². The molecule has 1 N–H and O–H groups in total. The van der Waals surface area contributed by atoms with E-state index >= 15 is 0 Å².